The van der Waals surface area contributed by atoms with Crippen molar-refractivity contribution in [1.29, 1.82) is 0 Å². The maximum absolute atomic E-state index is 15.5. The topological polar surface area (TPSA) is 71.5 Å². The molecule has 0 radical (unpaired) electrons. The zero-order chi connectivity index (χ0) is 28.3. The van der Waals surface area contributed by atoms with E-state index in [0.717, 1.165) is 33.6 Å². The van der Waals surface area contributed by atoms with Gasteiger partial charge >= 0.3 is 0 Å². The van der Waals surface area contributed by atoms with E-state index in [0.29, 0.717) is 16.3 Å². The van der Waals surface area contributed by atoms with Gasteiger partial charge in [-0.15, -0.1) is 0 Å². The molecule has 1 atom stereocenters. The average molecular weight is 592 g/mol. The molecule has 204 valence electrons. The van der Waals surface area contributed by atoms with Crippen LogP contribution < -0.4 is 14.4 Å². The Hall–Kier alpha value is -3.40. The summed E-state index contributed by atoms with van der Waals surface area (Å²) in [5.41, 5.74) is 2.24. The van der Waals surface area contributed by atoms with Gasteiger partial charge < -0.3 is 10.1 Å². The molecule has 0 aliphatic rings. The third-order valence-electron chi connectivity index (χ3n) is 6.15. The molecular formula is C28H25Cl2F2N3O3S. The second-order valence-electron chi connectivity index (χ2n) is 8.77. The van der Waals surface area contributed by atoms with Crippen LogP contribution in [0.25, 0.3) is 0 Å². The van der Waals surface area contributed by atoms with E-state index in [1.165, 1.54) is 19.2 Å². The van der Waals surface area contributed by atoms with Crippen LogP contribution in [0.5, 0.6) is 5.75 Å². The molecule has 0 amide bonds. The summed E-state index contributed by atoms with van der Waals surface area (Å²) < 4.78 is 63.3. The molecule has 0 bridgehead atoms. The van der Waals surface area contributed by atoms with Gasteiger partial charge in [0.15, 0.2) is 0 Å². The number of nitrogens with zero attached hydrogens (tertiary/aromatic N) is 2. The van der Waals surface area contributed by atoms with E-state index in [4.69, 9.17) is 27.9 Å². The van der Waals surface area contributed by atoms with Crippen LogP contribution in [0.15, 0.2) is 77.7 Å². The number of benzene rings is 3. The van der Waals surface area contributed by atoms with Gasteiger partial charge in [-0.3, -0.25) is 0 Å². The van der Waals surface area contributed by atoms with E-state index < -0.39 is 26.7 Å². The van der Waals surface area contributed by atoms with Crippen molar-refractivity contribution in [2.45, 2.75) is 31.3 Å². The van der Waals surface area contributed by atoms with Gasteiger partial charge in [0.1, 0.15) is 22.3 Å². The molecule has 0 aliphatic heterocycles. The number of aromatic nitrogens is 1. The molecule has 1 heterocycles. The minimum atomic E-state index is -4.59. The summed E-state index contributed by atoms with van der Waals surface area (Å²) in [7, 11) is -3.08. The maximum Gasteiger partial charge on any atom is 0.268 e. The van der Waals surface area contributed by atoms with Crippen LogP contribution >= 0.6 is 23.2 Å². The normalized spacial score (nSPS) is 12.2. The molecule has 0 saturated heterocycles. The van der Waals surface area contributed by atoms with Crippen LogP contribution in [0.1, 0.15) is 29.7 Å². The number of hydrogen-bond donors (Lipinski definition) is 1. The molecule has 0 spiro atoms. The minimum Gasteiger partial charge on any atom is -0.497 e. The summed E-state index contributed by atoms with van der Waals surface area (Å²) in [4.78, 5) is 3.07. The van der Waals surface area contributed by atoms with Crippen LogP contribution in [-0.2, 0) is 16.6 Å². The van der Waals surface area contributed by atoms with Crippen LogP contribution in [0.4, 0.5) is 20.3 Å². The SMILES string of the molecule is COc1ccc(CN(c2cccc(F)n2)S(=O)(=O)c2cc(Cl)c(N[C@@H](C)c3ccccc3Cl)cc2F)c(C)c1. The Bertz CT molecular complexity index is 1620. The lowest BCUT2D eigenvalue weighted by molar-refractivity contribution is 0.414. The van der Waals surface area contributed by atoms with Gasteiger partial charge in [0.05, 0.1) is 30.4 Å². The van der Waals surface area contributed by atoms with Crippen molar-refractivity contribution in [3.63, 3.8) is 0 Å². The fourth-order valence-electron chi connectivity index (χ4n) is 4.05. The molecule has 0 unspecified atom stereocenters. The molecule has 6 nitrogen and oxygen atoms in total. The maximum atomic E-state index is 15.5. The molecule has 0 aliphatic carbocycles. The van der Waals surface area contributed by atoms with Crippen LogP contribution in [0, 0.1) is 18.7 Å². The highest BCUT2D eigenvalue weighted by Gasteiger charge is 2.31. The first-order chi connectivity index (χ1) is 18.5. The number of rotatable bonds is 9. The second kappa shape index (κ2) is 11.8. The number of anilines is 2. The summed E-state index contributed by atoms with van der Waals surface area (Å²) in [5, 5.41) is 3.56. The number of aryl methyl sites for hydroxylation is 1. The largest absolute Gasteiger partial charge is 0.497 e. The van der Waals surface area contributed by atoms with E-state index in [1.807, 2.05) is 19.1 Å². The molecule has 0 saturated carbocycles. The summed E-state index contributed by atoms with van der Waals surface area (Å²) in [6.45, 7) is 3.35. The van der Waals surface area contributed by atoms with Gasteiger partial charge in [-0.1, -0.05) is 53.5 Å². The predicted octanol–water partition coefficient (Wildman–Crippen LogP) is 7.55. The Morgan fingerprint density at radius 1 is 1.00 bits per heavy atom. The van der Waals surface area contributed by atoms with Crippen molar-refractivity contribution in [3.05, 3.63) is 111 Å². The molecule has 3 aromatic carbocycles. The van der Waals surface area contributed by atoms with Gasteiger partial charge in [-0.05, 0) is 73.0 Å². The van der Waals surface area contributed by atoms with Crippen molar-refractivity contribution in [3.8, 4) is 5.75 Å². The number of halogens is 4. The molecule has 1 aromatic heterocycles. The highest BCUT2D eigenvalue weighted by molar-refractivity contribution is 7.92. The Labute approximate surface area is 236 Å². The summed E-state index contributed by atoms with van der Waals surface area (Å²) in [6, 6.07) is 17.7. The van der Waals surface area contributed by atoms with Gasteiger partial charge in [0.2, 0.25) is 5.95 Å². The highest BCUT2D eigenvalue weighted by Crippen LogP contribution is 2.35. The highest BCUT2D eigenvalue weighted by atomic mass is 35.5. The van der Waals surface area contributed by atoms with E-state index in [1.54, 1.807) is 37.3 Å². The molecule has 4 rings (SSSR count). The van der Waals surface area contributed by atoms with Crippen LogP contribution in [0.2, 0.25) is 10.0 Å². The monoisotopic (exact) mass is 591 g/mol. The van der Waals surface area contributed by atoms with Gasteiger partial charge in [-0.25, -0.2) is 22.1 Å². The number of nitrogens with one attached hydrogen (secondary N) is 1. The van der Waals surface area contributed by atoms with E-state index >= 15 is 4.39 Å². The lowest BCUT2D eigenvalue weighted by atomic mass is 10.1. The summed E-state index contributed by atoms with van der Waals surface area (Å²) >= 11 is 12.7. The smallest absolute Gasteiger partial charge is 0.268 e. The first kappa shape index (κ1) is 28.6. The minimum absolute atomic E-state index is 0.0262. The Morgan fingerprint density at radius 2 is 1.74 bits per heavy atom. The van der Waals surface area contributed by atoms with Crippen molar-refractivity contribution in [2.75, 3.05) is 16.7 Å². The molecule has 11 heteroatoms. The van der Waals surface area contributed by atoms with Crippen molar-refractivity contribution >= 4 is 44.7 Å². The first-order valence-corrected chi connectivity index (χ1v) is 14.0. The van der Waals surface area contributed by atoms with Gasteiger partial charge in [0.25, 0.3) is 10.0 Å². The summed E-state index contributed by atoms with van der Waals surface area (Å²) in [6.07, 6.45) is 0. The Balaban J connectivity index is 1.74. The number of pyridine rings is 1. The van der Waals surface area contributed by atoms with E-state index in [9.17, 15) is 12.8 Å². The quantitative estimate of drug-likeness (QED) is 0.203. The number of methoxy groups -OCH3 is 1. The van der Waals surface area contributed by atoms with Crippen molar-refractivity contribution in [2.24, 2.45) is 0 Å². The molecule has 0 fully saturated rings. The van der Waals surface area contributed by atoms with E-state index in [2.05, 4.69) is 10.3 Å². The average Bonchev–Trinajstić information content (AvgIpc) is 2.89. The van der Waals surface area contributed by atoms with Crippen molar-refractivity contribution in [1.82, 2.24) is 4.98 Å². The fourth-order valence-corrected chi connectivity index (χ4v) is 6.09. The first-order valence-electron chi connectivity index (χ1n) is 11.8. The van der Waals surface area contributed by atoms with E-state index in [-0.39, 0.29) is 29.1 Å². The predicted molar refractivity (Wildman–Crippen MR) is 150 cm³/mol. The second-order valence-corrected chi connectivity index (χ2v) is 11.4. The van der Waals surface area contributed by atoms with Gasteiger partial charge in [0, 0.05) is 5.02 Å². The van der Waals surface area contributed by atoms with Gasteiger partial charge in [-0.2, -0.15) is 4.39 Å². The number of ether oxygens (including phenoxy) is 1. The van der Waals surface area contributed by atoms with Crippen molar-refractivity contribution < 1.29 is 21.9 Å². The standard InChI is InChI=1S/C28H25Cl2F2N3O3S/c1-17-13-20(38-3)12-11-19(17)16-35(28-10-6-9-27(32)34-28)39(36,37)26-14-23(30)25(15-24(26)31)33-18(2)21-7-4-5-8-22(21)29/h4-15,18,33H,16H2,1-3H3/t18-/m0/s1. The zero-order valence-electron chi connectivity index (χ0n) is 21.3. The Kier molecular flexibility index (Phi) is 8.64. The van der Waals surface area contributed by atoms with Crippen LogP contribution in [-0.4, -0.2) is 20.5 Å². The lowest BCUT2D eigenvalue weighted by Crippen LogP contribution is -2.32. The fraction of sp³-hybridized carbons (Fsp3) is 0.179. The molecule has 1 N–H and O–H groups in total. The molecular weight excluding hydrogens is 567 g/mol. The van der Waals surface area contributed by atoms with Crippen LogP contribution in [0.3, 0.4) is 0 Å². The summed E-state index contributed by atoms with van der Waals surface area (Å²) in [5.74, 6) is -1.55. The zero-order valence-corrected chi connectivity index (χ0v) is 23.6. The Morgan fingerprint density at radius 3 is 2.41 bits per heavy atom. The third kappa shape index (κ3) is 6.27. The molecule has 39 heavy (non-hydrogen) atoms. The number of sulfonamides is 1. The third-order valence-corrected chi connectivity index (χ3v) is 8.58. The number of hydrogen-bond acceptors (Lipinski definition) is 5. The molecule has 4 aromatic rings. The lowest BCUT2D eigenvalue weighted by Gasteiger charge is -2.25.